The summed E-state index contributed by atoms with van der Waals surface area (Å²) in [6.45, 7) is 1.02. The number of imide groups is 1. The van der Waals surface area contributed by atoms with Crippen molar-refractivity contribution in [1.29, 1.82) is 0 Å². The van der Waals surface area contributed by atoms with Crippen LogP contribution in [0.4, 0.5) is 0 Å². The van der Waals surface area contributed by atoms with E-state index < -0.39 is 0 Å². The van der Waals surface area contributed by atoms with Gasteiger partial charge in [-0.15, -0.1) is 0 Å². The van der Waals surface area contributed by atoms with E-state index in [9.17, 15) is 9.59 Å². The smallest absolute Gasteiger partial charge is 0.243 e. The molecule has 0 radical (unpaired) electrons. The maximum atomic E-state index is 11.2. The Bertz CT molecular complexity index is 190. The van der Waals surface area contributed by atoms with Crippen molar-refractivity contribution in [2.75, 3.05) is 26.2 Å². The molecule has 0 spiro atoms. The lowest BCUT2D eigenvalue weighted by Gasteiger charge is -2.25. The van der Waals surface area contributed by atoms with Gasteiger partial charge in [-0.2, -0.15) is 0 Å². The number of amides is 2. The number of nitrogens with one attached hydrogen (secondary N) is 1. The summed E-state index contributed by atoms with van der Waals surface area (Å²) in [4.78, 5) is 23.6. The Balaban J connectivity index is 2.35. The zero-order valence-corrected chi connectivity index (χ0v) is 7.45. The topological polar surface area (TPSA) is 69.6 Å². The molecule has 5 nitrogen and oxygen atoms in total. The second-order valence-corrected chi connectivity index (χ2v) is 2.97. The predicted octanol–water partition coefficient (Wildman–Crippen LogP) is -1.28. The fourth-order valence-electron chi connectivity index (χ4n) is 1.24. The molecule has 0 aromatic heterocycles. The Hall–Kier alpha value is -0.940. The monoisotopic (exact) mass is 186 g/mol. The Morgan fingerprint density at radius 1 is 1.23 bits per heavy atom. The van der Waals surface area contributed by atoms with Crippen molar-refractivity contribution in [3.8, 4) is 0 Å². The number of rotatable bonds is 4. The summed E-state index contributed by atoms with van der Waals surface area (Å²) >= 11 is 0. The maximum absolute atomic E-state index is 11.2. The molecule has 1 saturated heterocycles. The molecule has 1 fully saturated rings. The van der Waals surface area contributed by atoms with Gasteiger partial charge in [-0.05, 0) is 12.8 Å². The molecule has 1 heterocycles. The third kappa shape index (κ3) is 2.78. The van der Waals surface area contributed by atoms with Gasteiger partial charge in [0.1, 0.15) is 0 Å². The van der Waals surface area contributed by atoms with Crippen molar-refractivity contribution in [3.63, 3.8) is 0 Å². The number of hydrogen-bond donors (Lipinski definition) is 2. The highest BCUT2D eigenvalue weighted by atomic mass is 16.3. The molecule has 0 aromatic carbocycles. The Morgan fingerprint density at radius 2 is 1.85 bits per heavy atom. The first-order valence-corrected chi connectivity index (χ1v) is 4.40. The van der Waals surface area contributed by atoms with E-state index in [1.165, 1.54) is 4.90 Å². The third-order valence-electron chi connectivity index (χ3n) is 1.94. The van der Waals surface area contributed by atoms with E-state index in [1.54, 1.807) is 0 Å². The molecule has 0 saturated carbocycles. The second-order valence-electron chi connectivity index (χ2n) is 2.97. The molecule has 5 heteroatoms. The van der Waals surface area contributed by atoms with Crippen molar-refractivity contribution < 1.29 is 14.7 Å². The van der Waals surface area contributed by atoms with E-state index in [2.05, 4.69) is 5.32 Å². The van der Waals surface area contributed by atoms with Crippen LogP contribution in [0.1, 0.15) is 12.8 Å². The summed E-state index contributed by atoms with van der Waals surface area (Å²) in [7, 11) is 0. The molecular weight excluding hydrogens is 172 g/mol. The van der Waals surface area contributed by atoms with Gasteiger partial charge in [0.15, 0.2) is 0 Å². The van der Waals surface area contributed by atoms with E-state index in [0.717, 1.165) is 0 Å². The van der Waals surface area contributed by atoms with Crippen LogP contribution in [0.2, 0.25) is 0 Å². The summed E-state index contributed by atoms with van der Waals surface area (Å²) in [5.41, 5.74) is 0. The molecule has 1 rings (SSSR count). The molecule has 0 aliphatic carbocycles. The SMILES string of the molecule is O=C1CNCC(=O)N1CCCCO. The quantitative estimate of drug-likeness (QED) is 0.424. The highest BCUT2D eigenvalue weighted by Crippen LogP contribution is 1.99. The number of carbonyl (C=O) groups is 2. The first-order valence-electron chi connectivity index (χ1n) is 4.40. The van der Waals surface area contributed by atoms with Crippen LogP contribution in [0.25, 0.3) is 0 Å². The van der Waals surface area contributed by atoms with Crippen molar-refractivity contribution in [2.45, 2.75) is 12.8 Å². The summed E-state index contributed by atoms with van der Waals surface area (Å²) in [6.07, 6.45) is 1.30. The molecule has 0 atom stereocenters. The molecule has 1 aliphatic heterocycles. The molecule has 2 amide bonds. The number of aliphatic hydroxyl groups excluding tert-OH is 1. The van der Waals surface area contributed by atoms with Gasteiger partial charge in [0.25, 0.3) is 0 Å². The van der Waals surface area contributed by atoms with Crippen LogP contribution >= 0.6 is 0 Å². The molecule has 0 aromatic rings. The van der Waals surface area contributed by atoms with E-state index in [1.807, 2.05) is 0 Å². The van der Waals surface area contributed by atoms with Crippen LogP contribution in [0.5, 0.6) is 0 Å². The van der Waals surface area contributed by atoms with Crippen LogP contribution < -0.4 is 5.32 Å². The average molecular weight is 186 g/mol. The van der Waals surface area contributed by atoms with Crippen molar-refractivity contribution >= 4 is 11.8 Å². The van der Waals surface area contributed by atoms with Gasteiger partial charge in [0.2, 0.25) is 11.8 Å². The van der Waals surface area contributed by atoms with Gasteiger partial charge in [-0.1, -0.05) is 0 Å². The van der Waals surface area contributed by atoms with Crippen molar-refractivity contribution in [3.05, 3.63) is 0 Å². The number of aliphatic hydroxyl groups is 1. The number of hydrogen-bond acceptors (Lipinski definition) is 4. The molecular formula is C8H14N2O3. The largest absolute Gasteiger partial charge is 0.396 e. The average Bonchev–Trinajstić information content (AvgIpc) is 2.10. The summed E-state index contributed by atoms with van der Waals surface area (Å²) in [5, 5.41) is 11.2. The maximum Gasteiger partial charge on any atom is 0.243 e. The van der Waals surface area contributed by atoms with Crippen molar-refractivity contribution in [2.24, 2.45) is 0 Å². The van der Waals surface area contributed by atoms with Crippen LogP contribution in [0.15, 0.2) is 0 Å². The first kappa shape index (κ1) is 10.1. The van der Waals surface area contributed by atoms with Crippen LogP contribution in [-0.4, -0.2) is 48.1 Å². The first-order chi connectivity index (χ1) is 6.25. The number of carbonyl (C=O) groups excluding carboxylic acids is 2. The summed E-state index contributed by atoms with van der Waals surface area (Å²) < 4.78 is 0. The van der Waals surface area contributed by atoms with Gasteiger partial charge in [-0.3, -0.25) is 19.8 Å². The Labute approximate surface area is 76.7 Å². The zero-order chi connectivity index (χ0) is 9.68. The molecule has 74 valence electrons. The highest BCUT2D eigenvalue weighted by Gasteiger charge is 2.24. The van der Waals surface area contributed by atoms with Crippen LogP contribution in [-0.2, 0) is 9.59 Å². The summed E-state index contributed by atoms with van der Waals surface area (Å²) in [5.74, 6) is -0.344. The fourth-order valence-corrected chi connectivity index (χ4v) is 1.24. The highest BCUT2D eigenvalue weighted by molar-refractivity contribution is 5.99. The lowest BCUT2D eigenvalue weighted by molar-refractivity contribution is -0.146. The minimum absolute atomic E-state index is 0.106. The minimum atomic E-state index is -0.172. The predicted molar refractivity (Wildman–Crippen MR) is 45.9 cm³/mol. The number of piperazine rings is 1. The lowest BCUT2D eigenvalue weighted by Crippen LogP contribution is -2.52. The Kier molecular flexibility index (Phi) is 3.85. The Morgan fingerprint density at radius 3 is 2.38 bits per heavy atom. The van der Waals surface area contributed by atoms with Gasteiger partial charge in [0.05, 0.1) is 13.1 Å². The normalized spacial score (nSPS) is 18.1. The third-order valence-corrected chi connectivity index (χ3v) is 1.94. The second kappa shape index (κ2) is 4.94. The summed E-state index contributed by atoms with van der Waals surface area (Å²) in [6, 6.07) is 0. The zero-order valence-electron chi connectivity index (χ0n) is 7.45. The molecule has 13 heavy (non-hydrogen) atoms. The van der Waals surface area contributed by atoms with Crippen LogP contribution in [0, 0.1) is 0 Å². The van der Waals surface area contributed by atoms with E-state index in [-0.39, 0.29) is 31.5 Å². The number of nitrogens with zero attached hydrogens (tertiary/aromatic N) is 1. The minimum Gasteiger partial charge on any atom is -0.396 e. The van der Waals surface area contributed by atoms with Crippen LogP contribution in [0.3, 0.4) is 0 Å². The van der Waals surface area contributed by atoms with E-state index >= 15 is 0 Å². The fraction of sp³-hybridized carbons (Fsp3) is 0.750. The molecule has 0 unspecified atom stereocenters. The molecule has 0 bridgehead atoms. The van der Waals surface area contributed by atoms with Gasteiger partial charge in [0, 0.05) is 13.2 Å². The lowest BCUT2D eigenvalue weighted by atomic mass is 10.2. The van der Waals surface area contributed by atoms with Gasteiger partial charge < -0.3 is 5.11 Å². The van der Waals surface area contributed by atoms with Gasteiger partial charge >= 0.3 is 0 Å². The van der Waals surface area contributed by atoms with Gasteiger partial charge in [-0.25, -0.2) is 0 Å². The van der Waals surface area contributed by atoms with E-state index in [4.69, 9.17) is 5.11 Å². The standard InChI is InChI=1S/C8H14N2O3/c11-4-2-1-3-10-7(12)5-9-6-8(10)13/h9,11H,1-6H2. The molecule has 2 N–H and O–H groups in total. The number of unbranched alkanes of at least 4 members (excludes halogenated alkanes) is 1. The van der Waals surface area contributed by atoms with Crippen molar-refractivity contribution in [1.82, 2.24) is 10.2 Å². The van der Waals surface area contributed by atoms with E-state index in [0.29, 0.717) is 19.4 Å². The molecule has 1 aliphatic rings.